The van der Waals surface area contributed by atoms with E-state index in [-0.39, 0.29) is 0 Å². The average molecular weight is 289 g/mol. The van der Waals surface area contributed by atoms with Gasteiger partial charge in [0.1, 0.15) is 5.82 Å². The number of rotatable bonds is 3. The molecule has 100 valence electrons. The minimum atomic E-state index is 0.440. The fourth-order valence-corrected chi connectivity index (χ4v) is 2.87. The third-order valence-corrected chi connectivity index (χ3v) is 4.11. The lowest BCUT2D eigenvalue weighted by molar-refractivity contribution is 0.394. The fraction of sp³-hybridized carbons (Fsp3) is 0.583. The van der Waals surface area contributed by atoms with E-state index >= 15 is 0 Å². The molecule has 0 aliphatic carbocycles. The summed E-state index contributed by atoms with van der Waals surface area (Å²) in [6, 6.07) is 1.69. The third-order valence-electron chi connectivity index (χ3n) is 3.54. The molecule has 1 aliphatic heterocycles. The predicted molar refractivity (Wildman–Crippen MR) is 77.3 cm³/mol. The summed E-state index contributed by atoms with van der Waals surface area (Å²) in [6.45, 7) is 4.21. The van der Waals surface area contributed by atoms with Gasteiger partial charge in [0.15, 0.2) is 5.82 Å². The smallest absolute Gasteiger partial charge is 0.161 e. The van der Waals surface area contributed by atoms with Crippen LogP contribution in [0.15, 0.2) is 6.07 Å². The Morgan fingerprint density at radius 3 is 2.61 bits per heavy atom. The number of hydrogen-bond donors (Lipinski definition) is 2. The fourth-order valence-electron chi connectivity index (χ4n) is 2.33. The van der Waals surface area contributed by atoms with Crippen LogP contribution < -0.4 is 16.2 Å². The van der Waals surface area contributed by atoms with Crippen molar-refractivity contribution in [3.8, 4) is 0 Å². The standard InChI is InChI=1S/C12H18Cl2N4/c1-2-8-3-5-18(6-4-8)12-10(14)7-9(13)11(16-12)17-15/h7-8H,2-6,15H2,1H3,(H,16,17). The molecule has 2 rings (SSSR count). The van der Waals surface area contributed by atoms with Crippen molar-refractivity contribution in [2.75, 3.05) is 23.4 Å². The summed E-state index contributed by atoms with van der Waals surface area (Å²) < 4.78 is 0. The highest BCUT2D eigenvalue weighted by molar-refractivity contribution is 6.37. The summed E-state index contributed by atoms with van der Waals surface area (Å²) in [5, 5.41) is 1.02. The number of pyridine rings is 1. The van der Waals surface area contributed by atoms with Crippen molar-refractivity contribution in [3.05, 3.63) is 16.1 Å². The van der Waals surface area contributed by atoms with Crippen LogP contribution in [-0.2, 0) is 0 Å². The van der Waals surface area contributed by atoms with Crippen LogP contribution in [0.1, 0.15) is 26.2 Å². The van der Waals surface area contributed by atoms with Crippen LogP contribution in [0.2, 0.25) is 10.0 Å². The Balaban J connectivity index is 2.18. The second kappa shape index (κ2) is 5.95. The highest BCUT2D eigenvalue weighted by atomic mass is 35.5. The number of aromatic nitrogens is 1. The Hall–Kier alpha value is -0.710. The summed E-state index contributed by atoms with van der Waals surface area (Å²) in [5.41, 5.74) is 2.49. The molecule has 1 fully saturated rings. The number of hydrazine groups is 1. The van der Waals surface area contributed by atoms with Crippen molar-refractivity contribution in [2.45, 2.75) is 26.2 Å². The topological polar surface area (TPSA) is 54.2 Å². The Labute approximate surface area is 117 Å². The minimum absolute atomic E-state index is 0.440. The molecule has 3 N–H and O–H groups in total. The Bertz CT molecular complexity index is 417. The second-order valence-corrected chi connectivity index (χ2v) is 5.42. The van der Waals surface area contributed by atoms with Gasteiger partial charge in [0.2, 0.25) is 0 Å². The van der Waals surface area contributed by atoms with E-state index in [9.17, 15) is 0 Å². The molecule has 0 bridgehead atoms. The van der Waals surface area contributed by atoms with Crippen LogP contribution in [-0.4, -0.2) is 18.1 Å². The molecule has 1 saturated heterocycles. The van der Waals surface area contributed by atoms with Crippen LogP contribution in [0.25, 0.3) is 0 Å². The van der Waals surface area contributed by atoms with Gasteiger partial charge >= 0.3 is 0 Å². The lowest BCUT2D eigenvalue weighted by Gasteiger charge is -2.33. The predicted octanol–water partition coefficient (Wildman–Crippen LogP) is 3.30. The SMILES string of the molecule is CCC1CCN(c2nc(NN)c(Cl)cc2Cl)CC1. The number of piperidine rings is 1. The molecule has 0 saturated carbocycles. The Morgan fingerprint density at radius 2 is 2.06 bits per heavy atom. The summed E-state index contributed by atoms with van der Waals surface area (Å²) in [6.07, 6.45) is 3.61. The van der Waals surface area contributed by atoms with Gasteiger partial charge in [0.05, 0.1) is 10.0 Å². The first kappa shape index (κ1) is 13.7. The van der Waals surface area contributed by atoms with Gasteiger partial charge in [-0.3, -0.25) is 0 Å². The van der Waals surface area contributed by atoms with Gasteiger partial charge in [-0.1, -0.05) is 36.5 Å². The van der Waals surface area contributed by atoms with Crippen molar-refractivity contribution in [3.63, 3.8) is 0 Å². The van der Waals surface area contributed by atoms with Gasteiger partial charge in [-0.2, -0.15) is 0 Å². The molecular weight excluding hydrogens is 271 g/mol. The van der Waals surface area contributed by atoms with E-state index in [1.54, 1.807) is 6.07 Å². The molecule has 0 unspecified atom stereocenters. The Morgan fingerprint density at radius 1 is 1.39 bits per heavy atom. The van der Waals surface area contributed by atoms with Crippen LogP contribution in [0, 0.1) is 5.92 Å². The third kappa shape index (κ3) is 2.82. The quantitative estimate of drug-likeness (QED) is 0.662. The largest absolute Gasteiger partial charge is 0.355 e. The molecule has 0 amide bonds. The molecule has 0 aromatic carbocycles. The van der Waals surface area contributed by atoms with E-state index in [1.165, 1.54) is 19.3 Å². The summed E-state index contributed by atoms with van der Waals surface area (Å²) in [7, 11) is 0. The van der Waals surface area contributed by atoms with Gasteiger partial charge in [-0.15, -0.1) is 0 Å². The molecule has 0 atom stereocenters. The number of nitrogens with one attached hydrogen (secondary N) is 1. The summed E-state index contributed by atoms with van der Waals surface area (Å²) >= 11 is 12.2. The van der Waals surface area contributed by atoms with E-state index in [0.29, 0.717) is 15.9 Å². The van der Waals surface area contributed by atoms with E-state index in [1.807, 2.05) is 0 Å². The molecule has 0 spiro atoms. The first-order valence-corrected chi connectivity index (χ1v) is 6.99. The molecule has 18 heavy (non-hydrogen) atoms. The lowest BCUT2D eigenvalue weighted by atomic mass is 9.94. The number of halogens is 2. The monoisotopic (exact) mass is 288 g/mol. The van der Waals surface area contributed by atoms with Gasteiger partial charge in [-0.05, 0) is 24.8 Å². The number of hydrogen-bond acceptors (Lipinski definition) is 4. The zero-order valence-electron chi connectivity index (χ0n) is 10.4. The number of nitrogens with zero attached hydrogens (tertiary/aromatic N) is 2. The maximum Gasteiger partial charge on any atom is 0.161 e. The van der Waals surface area contributed by atoms with Crippen LogP contribution in [0.3, 0.4) is 0 Å². The molecule has 0 radical (unpaired) electrons. The first-order chi connectivity index (χ1) is 8.65. The molecule has 4 nitrogen and oxygen atoms in total. The van der Waals surface area contributed by atoms with Gasteiger partial charge in [-0.25, -0.2) is 10.8 Å². The second-order valence-electron chi connectivity index (χ2n) is 4.61. The van der Waals surface area contributed by atoms with Gasteiger partial charge in [0.25, 0.3) is 0 Å². The van der Waals surface area contributed by atoms with Crippen molar-refractivity contribution in [2.24, 2.45) is 11.8 Å². The molecular formula is C12H18Cl2N4. The maximum atomic E-state index is 6.20. The summed E-state index contributed by atoms with van der Waals surface area (Å²) in [5.74, 6) is 7.44. The van der Waals surface area contributed by atoms with E-state index in [4.69, 9.17) is 29.0 Å². The van der Waals surface area contributed by atoms with E-state index < -0.39 is 0 Å². The first-order valence-electron chi connectivity index (χ1n) is 6.23. The van der Waals surface area contributed by atoms with Crippen LogP contribution in [0.4, 0.5) is 11.6 Å². The average Bonchev–Trinajstić information content (AvgIpc) is 2.39. The van der Waals surface area contributed by atoms with E-state index in [0.717, 1.165) is 24.8 Å². The minimum Gasteiger partial charge on any atom is -0.355 e. The molecule has 6 heteroatoms. The van der Waals surface area contributed by atoms with E-state index in [2.05, 4.69) is 22.2 Å². The Kier molecular flexibility index (Phi) is 4.54. The van der Waals surface area contributed by atoms with Gasteiger partial charge < -0.3 is 10.3 Å². The zero-order chi connectivity index (χ0) is 13.1. The van der Waals surface area contributed by atoms with Crippen LogP contribution in [0.5, 0.6) is 0 Å². The number of anilines is 2. The zero-order valence-corrected chi connectivity index (χ0v) is 11.9. The highest BCUT2D eigenvalue weighted by Crippen LogP contribution is 2.33. The number of nitrogen functional groups attached to an aromatic ring is 1. The van der Waals surface area contributed by atoms with Crippen molar-refractivity contribution < 1.29 is 0 Å². The molecule has 1 aromatic heterocycles. The summed E-state index contributed by atoms with van der Waals surface area (Å²) in [4.78, 5) is 6.59. The molecule has 1 aromatic rings. The maximum absolute atomic E-state index is 6.20. The lowest BCUT2D eigenvalue weighted by Crippen LogP contribution is -2.34. The number of nitrogens with two attached hydrogens (primary N) is 1. The van der Waals surface area contributed by atoms with Crippen LogP contribution >= 0.6 is 23.2 Å². The van der Waals surface area contributed by atoms with Crippen molar-refractivity contribution >= 4 is 34.8 Å². The molecule has 2 heterocycles. The molecule has 1 aliphatic rings. The normalized spacial score (nSPS) is 17.0. The highest BCUT2D eigenvalue weighted by Gasteiger charge is 2.21. The van der Waals surface area contributed by atoms with Gasteiger partial charge in [0, 0.05) is 13.1 Å². The van der Waals surface area contributed by atoms with Crippen molar-refractivity contribution in [1.29, 1.82) is 0 Å². The van der Waals surface area contributed by atoms with Crippen molar-refractivity contribution in [1.82, 2.24) is 4.98 Å².